The second-order valence-electron chi connectivity index (χ2n) is 5.58. The summed E-state index contributed by atoms with van der Waals surface area (Å²) in [5.74, 6) is -0.454. The Labute approximate surface area is 120 Å². The number of nitrogens with zero attached hydrogens (tertiary/aromatic N) is 1. The van der Waals surface area contributed by atoms with Crippen LogP contribution in [0.1, 0.15) is 36.5 Å². The minimum Gasteiger partial charge on any atom is -0.399 e. The fraction of sp³-hybridized carbons (Fsp3) is 0.533. The lowest BCUT2D eigenvalue weighted by atomic mass is 10.1. The maximum absolute atomic E-state index is 11.5. The fourth-order valence-electron chi connectivity index (χ4n) is 2.73. The molecule has 20 heavy (non-hydrogen) atoms. The van der Waals surface area contributed by atoms with Crippen LogP contribution in [0.2, 0.25) is 0 Å². The summed E-state index contributed by atoms with van der Waals surface area (Å²) >= 11 is 0. The highest BCUT2D eigenvalue weighted by molar-refractivity contribution is 5.99. The van der Waals surface area contributed by atoms with E-state index in [1.165, 1.54) is 19.3 Å². The first kappa shape index (κ1) is 14.7. The van der Waals surface area contributed by atoms with Gasteiger partial charge >= 0.3 is 0 Å². The van der Waals surface area contributed by atoms with E-state index in [0.717, 1.165) is 25.3 Å². The van der Waals surface area contributed by atoms with Crippen molar-refractivity contribution >= 4 is 17.3 Å². The zero-order chi connectivity index (χ0) is 14.5. The van der Waals surface area contributed by atoms with Crippen LogP contribution in [0, 0.1) is 0 Å². The molecule has 1 aromatic rings. The van der Waals surface area contributed by atoms with E-state index in [1.807, 2.05) is 6.07 Å². The van der Waals surface area contributed by atoms with Gasteiger partial charge in [0.25, 0.3) is 5.91 Å². The number of primary amides is 1. The Bertz CT molecular complexity index is 469. The number of hydrogen-bond donors (Lipinski definition) is 3. The molecule has 0 aliphatic carbocycles. The molecule has 0 radical (unpaired) electrons. The van der Waals surface area contributed by atoms with Crippen molar-refractivity contribution < 1.29 is 4.79 Å². The van der Waals surface area contributed by atoms with E-state index in [2.05, 4.69) is 17.1 Å². The van der Waals surface area contributed by atoms with E-state index in [4.69, 9.17) is 11.5 Å². The van der Waals surface area contributed by atoms with Crippen molar-refractivity contribution in [1.82, 2.24) is 4.90 Å². The first-order chi connectivity index (χ1) is 9.56. The van der Waals surface area contributed by atoms with Gasteiger partial charge in [0.1, 0.15) is 0 Å². The van der Waals surface area contributed by atoms with Crippen molar-refractivity contribution in [3.8, 4) is 0 Å². The summed E-state index contributed by atoms with van der Waals surface area (Å²) in [7, 11) is 0. The highest BCUT2D eigenvalue weighted by Gasteiger charge is 2.15. The van der Waals surface area contributed by atoms with Crippen LogP contribution < -0.4 is 16.8 Å². The topological polar surface area (TPSA) is 84.4 Å². The Hall–Kier alpha value is -1.75. The molecule has 0 saturated carbocycles. The van der Waals surface area contributed by atoms with Gasteiger partial charge in [0.05, 0.1) is 5.56 Å². The van der Waals surface area contributed by atoms with Gasteiger partial charge < -0.3 is 21.7 Å². The predicted molar refractivity (Wildman–Crippen MR) is 82.7 cm³/mol. The Morgan fingerprint density at radius 1 is 1.35 bits per heavy atom. The molecule has 0 spiro atoms. The molecule has 5 nitrogen and oxygen atoms in total. The molecule has 1 amide bonds. The maximum atomic E-state index is 11.5. The second kappa shape index (κ2) is 6.61. The highest BCUT2D eigenvalue weighted by Crippen LogP contribution is 2.20. The number of amides is 1. The molecule has 5 heteroatoms. The molecule has 1 unspecified atom stereocenters. The van der Waals surface area contributed by atoms with Crippen LogP contribution in [0.4, 0.5) is 11.4 Å². The maximum Gasteiger partial charge on any atom is 0.250 e. The van der Waals surface area contributed by atoms with Crippen LogP contribution in [0.15, 0.2) is 18.2 Å². The standard InChI is InChI=1S/C15H24N4O/c1-11(10-19-7-3-2-4-8-19)18-14-6-5-12(16)9-13(14)15(17)20/h5-6,9,11,18H,2-4,7-8,10,16H2,1H3,(H2,17,20). The second-order valence-corrected chi connectivity index (χ2v) is 5.58. The van der Waals surface area contributed by atoms with Crippen molar-refractivity contribution in [3.05, 3.63) is 23.8 Å². The van der Waals surface area contributed by atoms with Crippen LogP contribution in [0.3, 0.4) is 0 Å². The fourth-order valence-corrected chi connectivity index (χ4v) is 2.73. The molecule has 1 saturated heterocycles. The third kappa shape index (κ3) is 3.87. The number of likely N-dealkylation sites (tertiary alicyclic amines) is 1. The van der Waals surface area contributed by atoms with Gasteiger partial charge in [-0.1, -0.05) is 6.42 Å². The van der Waals surface area contributed by atoms with Crippen LogP contribution in [-0.2, 0) is 0 Å². The van der Waals surface area contributed by atoms with E-state index < -0.39 is 5.91 Å². The Kier molecular flexibility index (Phi) is 4.84. The van der Waals surface area contributed by atoms with Crippen LogP contribution in [-0.4, -0.2) is 36.5 Å². The van der Waals surface area contributed by atoms with Gasteiger partial charge in [-0.25, -0.2) is 0 Å². The molecule has 1 aromatic carbocycles. The lowest BCUT2D eigenvalue weighted by Gasteiger charge is -2.30. The largest absolute Gasteiger partial charge is 0.399 e. The SMILES string of the molecule is CC(CN1CCCCC1)Nc1ccc(N)cc1C(N)=O. The molecule has 1 atom stereocenters. The van der Waals surface area contributed by atoms with Crippen molar-refractivity contribution in [1.29, 1.82) is 0 Å². The minimum absolute atomic E-state index is 0.259. The van der Waals surface area contributed by atoms with E-state index in [0.29, 0.717) is 11.3 Å². The number of carbonyl (C=O) groups excluding carboxylic acids is 1. The number of carbonyl (C=O) groups is 1. The molecule has 1 aliphatic rings. The molecule has 110 valence electrons. The van der Waals surface area contributed by atoms with Crippen LogP contribution in [0.25, 0.3) is 0 Å². The number of hydrogen-bond acceptors (Lipinski definition) is 4. The van der Waals surface area contributed by atoms with Crippen molar-refractivity contribution in [2.45, 2.75) is 32.2 Å². The molecular formula is C15H24N4O. The molecule has 0 bridgehead atoms. The van der Waals surface area contributed by atoms with E-state index >= 15 is 0 Å². The number of nitrogen functional groups attached to an aromatic ring is 1. The summed E-state index contributed by atoms with van der Waals surface area (Å²) in [5, 5.41) is 3.37. The van der Waals surface area contributed by atoms with E-state index in [-0.39, 0.29) is 6.04 Å². The van der Waals surface area contributed by atoms with Crippen LogP contribution >= 0.6 is 0 Å². The normalized spacial score (nSPS) is 17.6. The van der Waals surface area contributed by atoms with Crippen LogP contribution in [0.5, 0.6) is 0 Å². The molecule has 1 fully saturated rings. The first-order valence-electron chi connectivity index (χ1n) is 7.24. The Balaban J connectivity index is 1.99. The zero-order valence-corrected chi connectivity index (χ0v) is 12.1. The number of benzene rings is 1. The summed E-state index contributed by atoms with van der Waals surface area (Å²) in [6.45, 7) is 5.42. The average molecular weight is 276 g/mol. The first-order valence-corrected chi connectivity index (χ1v) is 7.24. The third-order valence-corrected chi connectivity index (χ3v) is 3.69. The number of piperidine rings is 1. The third-order valence-electron chi connectivity index (χ3n) is 3.69. The summed E-state index contributed by atoms with van der Waals surface area (Å²) < 4.78 is 0. The molecular weight excluding hydrogens is 252 g/mol. The Morgan fingerprint density at radius 3 is 2.70 bits per heavy atom. The summed E-state index contributed by atoms with van der Waals surface area (Å²) in [6.07, 6.45) is 3.89. The summed E-state index contributed by atoms with van der Waals surface area (Å²) in [6, 6.07) is 5.48. The van der Waals surface area contributed by atoms with Gasteiger partial charge in [0.2, 0.25) is 0 Å². The van der Waals surface area contributed by atoms with Crippen molar-refractivity contribution in [3.63, 3.8) is 0 Å². The number of anilines is 2. The van der Waals surface area contributed by atoms with Gasteiger partial charge in [0, 0.05) is 24.0 Å². The van der Waals surface area contributed by atoms with Gasteiger partial charge in [0.15, 0.2) is 0 Å². The monoisotopic (exact) mass is 276 g/mol. The zero-order valence-electron chi connectivity index (χ0n) is 12.1. The summed E-state index contributed by atoms with van der Waals surface area (Å²) in [5.41, 5.74) is 12.9. The van der Waals surface area contributed by atoms with Crippen molar-refractivity contribution in [2.75, 3.05) is 30.7 Å². The predicted octanol–water partition coefficient (Wildman–Crippen LogP) is 1.65. The lowest BCUT2D eigenvalue weighted by molar-refractivity contribution is 0.100. The summed E-state index contributed by atoms with van der Waals surface area (Å²) in [4.78, 5) is 13.9. The highest BCUT2D eigenvalue weighted by atomic mass is 16.1. The van der Waals surface area contributed by atoms with E-state index in [1.54, 1.807) is 12.1 Å². The number of nitrogens with one attached hydrogen (secondary N) is 1. The number of nitrogens with two attached hydrogens (primary N) is 2. The van der Waals surface area contributed by atoms with E-state index in [9.17, 15) is 4.79 Å². The van der Waals surface area contributed by atoms with Gasteiger partial charge in [-0.05, 0) is 51.1 Å². The molecule has 1 heterocycles. The average Bonchev–Trinajstić information content (AvgIpc) is 2.41. The van der Waals surface area contributed by atoms with Gasteiger partial charge in [-0.2, -0.15) is 0 Å². The quantitative estimate of drug-likeness (QED) is 0.714. The van der Waals surface area contributed by atoms with Crippen molar-refractivity contribution in [2.24, 2.45) is 5.73 Å². The molecule has 5 N–H and O–H groups in total. The van der Waals surface area contributed by atoms with Gasteiger partial charge in [-0.15, -0.1) is 0 Å². The molecule has 1 aliphatic heterocycles. The smallest absolute Gasteiger partial charge is 0.250 e. The number of rotatable bonds is 5. The van der Waals surface area contributed by atoms with Gasteiger partial charge in [-0.3, -0.25) is 4.79 Å². The molecule has 0 aromatic heterocycles. The lowest BCUT2D eigenvalue weighted by Crippen LogP contribution is -2.38. The minimum atomic E-state index is -0.454. The Morgan fingerprint density at radius 2 is 2.05 bits per heavy atom. The molecule has 2 rings (SSSR count).